The molecule has 0 saturated carbocycles. The first-order valence-corrected chi connectivity index (χ1v) is 11.1. The topological polar surface area (TPSA) is 67.2 Å². The highest BCUT2D eigenvalue weighted by Gasteiger charge is 2.25. The number of fused-ring (bicyclic) bond motifs is 2. The molecule has 0 aliphatic heterocycles. The third kappa shape index (κ3) is 3.55. The maximum Gasteiger partial charge on any atom is 0.316 e. The largest absolute Gasteiger partial charge is 0.460 e. The van der Waals surface area contributed by atoms with Gasteiger partial charge in [-0.2, -0.15) is 5.26 Å². The summed E-state index contributed by atoms with van der Waals surface area (Å²) in [5.74, 6) is -0.122. The number of hydrogen-bond donors (Lipinski definition) is 0. The van der Waals surface area contributed by atoms with Crippen LogP contribution in [-0.4, -0.2) is 17.5 Å². The molecule has 1 aliphatic carbocycles. The first kappa shape index (κ1) is 20.0. The second kappa shape index (κ2) is 8.33. The van der Waals surface area contributed by atoms with Crippen molar-refractivity contribution >= 4 is 34.3 Å². The number of benzene rings is 4. The van der Waals surface area contributed by atoms with E-state index in [0.717, 1.165) is 37.9 Å². The number of carbonyl (C=O) groups excluding carboxylic acids is 2. The molecule has 0 N–H and O–H groups in total. The molecule has 0 aromatic heterocycles. The Morgan fingerprint density at radius 3 is 2.38 bits per heavy atom. The van der Waals surface area contributed by atoms with Crippen LogP contribution in [0.3, 0.4) is 0 Å². The zero-order chi connectivity index (χ0) is 22.1. The average molecular weight is 436 g/mol. The van der Waals surface area contributed by atoms with Gasteiger partial charge in [0.15, 0.2) is 5.78 Å². The van der Waals surface area contributed by atoms with Crippen molar-refractivity contribution in [1.29, 1.82) is 5.26 Å². The van der Waals surface area contributed by atoms with Crippen LogP contribution < -0.4 is 0 Å². The number of thioether (sulfide) groups is 1. The molecule has 0 unspecified atom stereocenters. The maximum absolute atomic E-state index is 13.0. The second-order valence-electron chi connectivity index (χ2n) is 7.47. The summed E-state index contributed by atoms with van der Waals surface area (Å²) in [5, 5.41) is 10.8. The van der Waals surface area contributed by atoms with Gasteiger partial charge < -0.3 is 4.74 Å². The van der Waals surface area contributed by atoms with Gasteiger partial charge in [0, 0.05) is 21.4 Å². The van der Waals surface area contributed by atoms with Gasteiger partial charge in [0.2, 0.25) is 0 Å². The first-order chi connectivity index (χ1) is 15.7. The highest BCUT2D eigenvalue weighted by molar-refractivity contribution is 8.00. The molecular formula is C27H17NO3S. The van der Waals surface area contributed by atoms with Gasteiger partial charge in [-0.3, -0.25) is 9.59 Å². The molecule has 5 heteroatoms. The van der Waals surface area contributed by atoms with Gasteiger partial charge in [0.25, 0.3) is 0 Å². The second-order valence-corrected chi connectivity index (χ2v) is 8.49. The number of esters is 1. The highest BCUT2D eigenvalue weighted by atomic mass is 32.2. The fourth-order valence-corrected chi connectivity index (χ4v) is 4.84. The maximum atomic E-state index is 13.0. The number of nitriles is 1. The standard InChI is InChI=1S/C27H17NO3S/c28-14-17-8-10-18(11-9-17)15-31-25(29)16-32-24-13-12-20-19-4-1-2-5-21(19)27(30)23-7-3-6-22(24)26(20)23/h1-13H,15-16H2. The number of nitrogens with zero attached hydrogens (tertiary/aromatic N) is 1. The summed E-state index contributed by atoms with van der Waals surface area (Å²) >= 11 is 1.40. The zero-order valence-electron chi connectivity index (χ0n) is 17.0. The van der Waals surface area contributed by atoms with Crippen molar-refractivity contribution < 1.29 is 14.3 Å². The van der Waals surface area contributed by atoms with Crippen LogP contribution in [0.4, 0.5) is 0 Å². The molecule has 0 saturated heterocycles. The van der Waals surface area contributed by atoms with Crippen molar-refractivity contribution in [2.75, 3.05) is 5.75 Å². The van der Waals surface area contributed by atoms with E-state index in [1.165, 1.54) is 11.8 Å². The van der Waals surface area contributed by atoms with Crippen LogP contribution >= 0.6 is 11.8 Å². The van der Waals surface area contributed by atoms with Gasteiger partial charge in [0.05, 0.1) is 17.4 Å². The van der Waals surface area contributed by atoms with E-state index < -0.39 is 0 Å². The van der Waals surface area contributed by atoms with E-state index in [-0.39, 0.29) is 24.1 Å². The average Bonchev–Trinajstić information content (AvgIpc) is 2.85. The number of ether oxygens (including phenoxy) is 1. The van der Waals surface area contributed by atoms with Crippen molar-refractivity contribution in [2.45, 2.75) is 11.5 Å². The first-order valence-electron chi connectivity index (χ1n) is 10.1. The smallest absolute Gasteiger partial charge is 0.316 e. The van der Waals surface area contributed by atoms with Crippen molar-refractivity contribution in [3.05, 3.63) is 101 Å². The van der Waals surface area contributed by atoms with Crippen LogP contribution in [0.15, 0.2) is 83.8 Å². The van der Waals surface area contributed by atoms with Crippen molar-refractivity contribution in [1.82, 2.24) is 0 Å². The van der Waals surface area contributed by atoms with E-state index >= 15 is 0 Å². The Kier molecular flexibility index (Phi) is 5.22. The third-order valence-corrected chi connectivity index (χ3v) is 6.58. The molecule has 0 atom stereocenters. The van der Waals surface area contributed by atoms with E-state index in [1.54, 1.807) is 24.3 Å². The number of ketones is 1. The molecule has 4 aromatic carbocycles. The quantitative estimate of drug-likeness (QED) is 0.259. The van der Waals surface area contributed by atoms with Gasteiger partial charge in [0.1, 0.15) is 6.61 Å². The Labute approximate surface area is 189 Å². The predicted octanol–water partition coefficient (Wildman–Crippen LogP) is 5.76. The number of hydrogen-bond acceptors (Lipinski definition) is 5. The molecule has 0 heterocycles. The summed E-state index contributed by atoms with van der Waals surface area (Å²) in [6.07, 6.45) is 0. The normalized spacial score (nSPS) is 11.7. The number of rotatable bonds is 5. The summed E-state index contributed by atoms with van der Waals surface area (Å²) in [7, 11) is 0. The van der Waals surface area contributed by atoms with Crippen LogP contribution in [0.25, 0.3) is 21.9 Å². The molecular weight excluding hydrogens is 418 g/mol. The lowest BCUT2D eigenvalue weighted by atomic mass is 9.83. The minimum atomic E-state index is -0.318. The minimum absolute atomic E-state index is 0.0303. The van der Waals surface area contributed by atoms with Crippen molar-refractivity contribution in [3.8, 4) is 17.2 Å². The van der Waals surface area contributed by atoms with Gasteiger partial charge >= 0.3 is 5.97 Å². The Balaban J connectivity index is 1.36. The lowest BCUT2D eigenvalue weighted by Gasteiger charge is -2.21. The van der Waals surface area contributed by atoms with Crippen LogP contribution in [0, 0.1) is 11.3 Å². The Hall–Kier alpha value is -3.88. The van der Waals surface area contributed by atoms with Crippen LogP contribution in [0.1, 0.15) is 27.0 Å². The molecule has 0 radical (unpaired) electrons. The van der Waals surface area contributed by atoms with E-state index in [1.807, 2.05) is 54.6 Å². The zero-order valence-corrected chi connectivity index (χ0v) is 17.8. The van der Waals surface area contributed by atoms with Crippen LogP contribution in [0.5, 0.6) is 0 Å². The third-order valence-electron chi connectivity index (χ3n) is 5.54. The fraction of sp³-hybridized carbons (Fsp3) is 0.0741. The van der Waals surface area contributed by atoms with Gasteiger partial charge in [-0.15, -0.1) is 11.8 Å². The SMILES string of the molecule is N#Cc1ccc(COC(=O)CSc2ccc3c4c(cccc24)C(=O)c2ccccc2-3)cc1. The van der Waals surface area contributed by atoms with E-state index in [9.17, 15) is 9.59 Å². The summed E-state index contributed by atoms with van der Waals surface area (Å²) < 4.78 is 5.38. The molecule has 0 spiro atoms. The van der Waals surface area contributed by atoms with E-state index in [2.05, 4.69) is 6.07 Å². The molecule has 4 nitrogen and oxygen atoms in total. The van der Waals surface area contributed by atoms with Crippen molar-refractivity contribution in [2.24, 2.45) is 0 Å². The van der Waals surface area contributed by atoms with E-state index in [0.29, 0.717) is 11.1 Å². The molecule has 154 valence electrons. The van der Waals surface area contributed by atoms with Crippen LogP contribution in [-0.2, 0) is 16.1 Å². The lowest BCUT2D eigenvalue weighted by molar-refractivity contribution is -0.141. The molecule has 5 rings (SSSR count). The molecule has 0 fully saturated rings. The molecule has 0 bridgehead atoms. The molecule has 0 amide bonds. The minimum Gasteiger partial charge on any atom is -0.460 e. The lowest BCUT2D eigenvalue weighted by Crippen LogP contribution is -2.10. The monoisotopic (exact) mass is 435 g/mol. The Bertz CT molecular complexity index is 1420. The van der Waals surface area contributed by atoms with Gasteiger partial charge in [-0.05, 0) is 40.3 Å². The molecule has 4 aromatic rings. The van der Waals surface area contributed by atoms with E-state index in [4.69, 9.17) is 10.00 Å². The summed E-state index contributed by atoms with van der Waals surface area (Å²) in [6.45, 7) is 0.167. The Morgan fingerprint density at radius 1 is 0.844 bits per heavy atom. The number of carbonyl (C=O) groups is 2. The van der Waals surface area contributed by atoms with Gasteiger partial charge in [-0.25, -0.2) is 0 Å². The molecule has 32 heavy (non-hydrogen) atoms. The predicted molar refractivity (Wildman–Crippen MR) is 124 cm³/mol. The van der Waals surface area contributed by atoms with Gasteiger partial charge in [-0.1, -0.05) is 60.7 Å². The summed E-state index contributed by atoms with van der Waals surface area (Å²) in [5.41, 5.74) is 4.81. The Morgan fingerprint density at radius 2 is 1.59 bits per heavy atom. The van der Waals surface area contributed by atoms with Crippen LogP contribution in [0.2, 0.25) is 0 Å². The molecule has 1 aliphatic rings. The summed E-state index contributed by atoms with van der Waals surface area (Å²) in [6, 6.07) is 26.5. The highest BCUT2D eigenvalue weighted by Crippen LogP contribution is 2.42. The summed E-state index contributed by atoms with van der Waals surface area (Å²) in [4.78, 5) is 26.3. The van der Waals surface area contributed by atoms with Crippen molar-refractivity contribution in [3.63, 3.8) is 0 Å². The fourth-order valence-electron chi connectivity index (χ4n) is 4.00.